The lowest BCUT2D eigenvalue weighted by Crippen LogP contribution is -2.40. The first-order valence-corrected chi connectivity index (χ1v) is 8.93. The van der Waals surface area contributed by atoms with Crippen LogP contribution in [0.1, 0.15) is 50.2 Å². The zero-order valence-corrected chi connectivity index (χ0v) is 13.2. The lowest BCUT2D eigenvalue weighted by molar-refractivity contribution is -0.121. The molecule has 3 nitrogen and oxygen atoms in total. The number of carbonyl (C=O) groups is 1. The fraction of sp³-hybridized carbons (Fsp3) is 0.562. The topological polar surface area (TPSA) is 51.2 Å². The molecule has 4 heteroatoms. The highest BCUT2D eigenvalue weighted by atomic mass is 32.2. The van der Waals surface area contributed by atoms with Crippen LogP contribution in [0, 0.1) is 0 Å². The summed E-state index contributed by atoms with van der Waals surface area (Å²) in [6, 6.07) is 8.18. The molecule has 0 bridgehead atoms. The van der Waals surface area contributed by atoms with Crippen LogP contribution in [0.3, 0.4) is 0 Å². The number of benzene rings is 1. The van der Waals surface area contributed by atoms with Gasteiger partial charge in [0.15, 0.2) is 15.6 Å². The highest BCUT2D eigenvalue weighted by molar-refractivity contribution is 7.92. The predicted molar refractivity (Wildman–Crippen MR) is 80.7 cm³/mol. The van der Waals surface area contributed by atoms with Crippen molar-refractivity contribution in [2.75, 3.05) is 6.26 Å². The number of rotatable bonds is 4. The smallest absolute Gasteiger partial charge is 0.159 e. The van der Waals surface area contributed by atoms with E-state index in [0.29, 0.717) is 6.42 Å². The maximum atomic E-state index is 12.4. The van der Waals surface area contributed by atoms with Crippen LogP contribution >= 0.6 is 0 Å². The maximum absolute atomic E-state index is 12.4. The first-order valence-electron chi connectivity index (χ1n) is 7.04. The summed E-state index contributed by atoms with van der Waals surface area (Å²) in [5.41, 5.74) is 2.52. The Hall–Kier alpha value is -1.16. The Morgan fingerprint density at radius 1 is 1.30 bits per heavy atom. The Kier molecular flexibility index (Phi) is 4.05. The summed E-state index contributed by atoms with van der Waals surface area (Å²) in [7, 11) is -3.38. The lowest BCUT2D eigenvalue weighted by Gasteiger charge is -2.28. The monoisotopic (exact) mass is 294 g/mol. The molecule has 0 fully saturated rings. The Morgan fingerprint density at radius 2 is 1.95 bits per heavy atom. The number of hydrogen-bond donors (Lipinski definition) is 0. The van der Waals surface area contributed by atoms with E-state index in [9.17, 15) is 13.2 Å². The van der Waals surface area contributed by atoms with Gasteiger partial charge in [-0.3, -0.25) is 4.79 Å². The number of Topliss-reactive ketones (excluding diaryl/α,β-unsaturated/α-hetero) is 1. The molecule has 110 valence electrons. The van der Waals surface area contributed by atoms with Crippen LogP contribution in [-0.2, 0) is 21.1 Å². The number of sulfone groups is 1. The standard InChI is InChI=1S/C16H22O3S/c1-16(2,20(3,18)19)15(17)11-13-9-6-8-12-7-4-5-10-14(12)13/h4-5,7,10,13H,6,8-9,11H2,1-3H3. The van der Waals surface area contributed by atoms with Crippen LogP contribution in [0.2, 0.25) is 0 Å². The summed E-state index contributed by atoms with van der Waals surface area (Å²) >= 11 is 0. The second-order valence-corrected chi connectivity index (χ2v) is 8.76. The van der Waals surface area contributed by atoms with Gasteiger partial charge in [0, 0.05) is 12.7 Å². The van der Waals surface area contributed by atoms with Crippen LogP contribution in [0.15, 0.2) is 24.3 Å². The fourth-order valence-electron chi connectivity index (χ4n) is 2.74. The summed E-state index contributed by atoms with van der Waals surface area (Å²) < 4.78 is 22.2. The molecule has 1 unspecified atom stereocenters. The summed E-state index contributed by atoms with van der Waals surface area (Å²) in [5, 5.41) is 0. The normalized spacial score (nSPS) is 19.4. The predicted octanol–water partition coefficient (Wildman–Crippen LogP) is 2.89. The van der Waals surface area contributed by atoms with Gasteiger partial charge in [-0.25, -0.2) is 8.42 Å². The van der Waals surface area contributed by atoms with E-state index in [0.717, 1.165) is 25.5 Å². The van der Waals surface area contributed by atoms with Crippen molar-refractivity contribution in [3.63, 3.8) is 0 Å². The van der Waals surface area contributed by atoms with Gasteiger partial charge in [0.2, 0.25) is 0 Å². The molecule has 1 aliphatic carbocycles. The summed E-state index contributed by atoms with van der Waals surface area (Å²) in [6.07, 6.45) is 4.53. The second-order valence-electron chi connectivity index (χ2n) is 6.20. The molecule has 20 heavy (non-hydrogen) atoms. The minimum absolute atomic E-state index is 0.161. The SMILES string of the molecule is CC(C)(C(=O)CC1CCCc2ccccc21)S(C)(=O)=O. The highest BCUT2D eigenvalue weighted by Crippen LogP contribution is 2.35. The summed E-state index contributed by atoms with van der Waals surface area (Å²) in [6.45, 7) is 3.03. The van der Waals surface area contributed by atoms with Gasteiger partial charge in [-0.2, -0.15) is 0 Å². The average Bonchev–Trinajstić information content (AvgIpc) is 2.37. The van der Waals surface area contributed by atoms with Crippen LogP contribution in [0.25, 0.3) is 0 Å². The molecule has 0 radical (unpaired) electrons. The van der Waals surface area contributed by atoms with Gasteiger partial charge in [0.25, 0.3) is 0 Å². The van der Waals surface area contributed by atoms with Crippen LogP contribution < -0.4 is 0 Å². The second kappa shape index (κ2) is 5.32. The minimum atomic E-state index is -3.38. The van der Waals surface area contributed by atoms with E-state index in [1.165, 1.54) is 25.0 Å². The molecule has 0 aliphatic heterocycles. The average molecular weight is 294 g/mol. The van der Waals surface area contributed by atoms with Crippen molar-refractivity contribution in [1.82, 2.24) is 0 Å². The van der Waals surface area contributed by atoms with E-state index in [4.69, 9.17) is 0 Å². The third kappa shape index (κ3) is 2.80. The molecule has 0 N–H and O–H groups in total. The van der Waals surface area contributed by atoms with E-state index in [1.54, 1.807) is 0 Å². The van der Waals surface area contributed by atoms with E-state index in [-0.39, 0.29) is 11.7 Å². The molecule has 0 heterocycles. The van der Waals surface area contributed by atoms with Gasteiger partial charge in [0.1, 0.15) is 4.75 Å². The molecule has 1 aromatic carbocycles. The van der Waals surface area contributed by atoms with E-state index in [2.05, 4.69) is 12.1 Å². The van der Waals surface area contributed by atoms with Crippen LogP contribution in [0.4, 0.5) is 0 Å². The Morgan fingerprint density at radius 3 is 2.60 bits per heavy atom. The van der Waals surface area contributed by atoms with Crippen molar-refractivity contribution in [1.29, 1.82) is 0 Å². The molecule has 0 aromatic heterocycles. The molecule has 2 rings (SSSR count). The first kappa shape index (κ1) is 15.2. The van der Waals surface area contributed by atoms with Gasteiger partial charge in [-0.15, -0.1) is 0 Å². The Bertz CT molecular complexity index is 614. The molecule has 0 spiro atoms. The zero-order chi connectivity index (χ0) is 15.0. The van der Waals surface area contributed by atoms with Crippen LogP contribution in [-0.4, -0.2) is 25.2 Å². The first-order chi connectivity index (χ1) is 9.23. The van der Waals surface area contributed by atoms with Crippen LogP contribution in [0.5, 0.6) is 0 Å². The molecule has 1 aromatic rings. The number of hydrogen-bond acceptors (Lipinski definition) is 3. The number of aryl methyl sites for hydroxylation is 1. The van der Waals surface area contributed by atoms with Crippen molar-refractivity contribution in [2.24, 2.45) is 0 Å². The van der Waals surface area contributed by atoms with E-state index >= 15 is 0 Å². The van der Waals surface area contributed by atoms with Crippen molar-refractivity contribution < 1.29 is 13.2 Å². The third-order valence-corrected chi connectivity index (χ3v) is 6.61. The summed E-state index contributed by atoms with van der Waals surface area (Å²) in [5.74, 6) is -0.0184. The Labute approximate surface area is 121 Å². The lowest BCUT2D eigenvalue weighted by atomic mass is 9.79. The van der Waals surface area contributed by atoms with E-state index in [1.807, 2.05) is 12.1 Å². The largest absolute Gasteiger partial charge is 0.298 e. The van der Waals surface area contributed by atoms with E-state index < -0.39 is 14.6 Å². The number of fused-ring (bicyclic) bond motifs is 1. The van der Waals surface area contributed by atoms with Gasteiger partial charge >= 0.3 is 0 Å². The highest BCUT2D eigenvalue weighted by Gasteiger charge is 2.39. The van der Waals surface area contributed by atoms with Crippen molar-refractivity contribution in [3.8, 4) is 0 Å². The number of carbonyl (C=O) groups excluding carboxylic acids is 1. The minimum Gasteiger partial charge on any atom is -0.298 e. The molecule has 0 amide bonds. The summed E-state index contributed by atoms with van der Waals surface area (Å²) in [4.78, 5) is 12.4. The Balaban J connectivity index is 2.22. The molecule has 0 saturated carbocycles. The molecule has 1 aliphatic rings. The van der Waals surface area contributed by atoms with Crippen molar-refractivity contribution in [2.45, 2.75) is 50.2 Å². The molecular weight excluding hydrogens is 272 g/mol. The van der Waals surface area contributed by atoms with Gasteiger partial charge in [-0.1, -0.05) is 24.3 Å². The van der Waals surface area contributed by atoms with Crippen molar-refractivity contribution >= 4 is 15.6 Å². The van der Waals surface area contributed by atoms with Gasteiger partial charge in [-0.05, 0) is 50.2 Å². The third-order valence-electron chi connectivity index (χ3n) is 4.52. The molecular formula is C16H22O3S. The quantitative estimate of drug-likeness (QED) is 0.858. The zero-order valence-electron chi connectivity index (χ0n) is 12.3. The van der Waals surface area contributed by atoms with Gasteiger partial charge in [0.05, 0.1) is 0 Å². The van der Waals surface area contributed by atoms with Crippen molar-refractivity contribution in [3.05, 3.63) is 35.4 Å². The maximum Gasteiger partial charge on any atom is 0.159 e. The molecule has 1 atom stereocenters. The van der Waals surface area contributed by atoms with Gasteiger partial charge < -0.3 is 0 Å². The number of ketones is 1. The molecule has 0 saturated heterocycles. The fourth-order valence-corrected chi connectivity index (χ4v) is 3.24.